The quantitative estimate of drug-likeness (QED) is 0.712. The lowest BCUT2D eigenvalue weighted by atomic mass is 10.2. The van der Waals surface area contributed by atoms with Crippen molar-refractivity contribution in [3.63, 3.8) is 0 Å². The summed E-state index contributed by atoms with van der Waals surface area (Å²) in [4.78, 5) is 11.1. The summed E-state index contributed by atoms with van der Waals surface area (Å²) in [6.45, 7) is 0.850. The summed E-state index contributed by atoms with van der Waals surface area (Å²) in [5.74, 6) is 1.34. The summed E-state index contributed by atoms with van der Waals surface area (Å²) < 4.78 is 10.9. The van der Waals surface area contributed by atoms with E-state index in [0.717, 1.165) is 5.56 Å². The highest BCUT2D eigenvalue weighted by molar-refractivity contribution is 5.75. The van der Waals surface area contributed by atoms with E-state index >= 15 is 0 Å². The summed E-state index contributed by atoms with van der Waals surface area (Å²) in [5.41, 5.74) is 6.55. The molecule has 0 aliphatic rings. The van der Waals surface area contributed by atoms with Crippen molar-refractivity contribution in [2.75, 3.05) is 20.8 Å². The minimum Gasteiger partial charge on any atom is -0.493 e. The van der Waals surface area contributed by atoms with Gasteiger partial charge in [-0.2, -0.15) is 0 Å². The first-order valence-corrected chi connectivity index (χ1v) is 5.92. The van der Waals surface area contributed by atoms with Crippen LogP contribution in [-0.2, 0) is 11.3 Å². The molecule has 0 saturated carbocycles. The van der Waals surface area contributed by atoms with Crippen LogP contribution in [0.1, 0.15) is 18.4 Å². The van der Waals surface area contributed by atoms with Gasteiger partial charge in [-0.25, -0.2) is 0 Å². The topological polar surface area (TPSA) is 73.6 Å². The summed E-state index contributed by atoms with van der Waals surface area (Å²) >= 11 is 0. The molecule has 0 aromatic heterocycles. The number of rotatable bonds is 7. The number of carbonyl (C=O) groups is 1. The van der Waals surface area contributed by atoms with Gasteiger partial charge in [-0.3, -0.25) is 4.79 Å². The number of hydrogen-bond donors (Lipinski definition) is 2. The zero-order valence-electron chi connectivity index (χ0n) is 10.9. The number of amides is 1. The molecular weight excluding hydrogens is 232 g/mol. The van der Waals surface area contributed by atoms with Gasteiger partial charge in [-0.15, -0.1) is 0 Å². The van der Waals surface area contributed by atoms with Gasteiger partial charge in [0, 0.05) is 25.6 Å². The maximum absolute atomic E-state index is 11.1. The van der Waals surface area contributed by atoms with Crippen LogP contribution < -0.4 is 20.5 Å². The Morgan fingerprint density at radius 2 is 2.22 bits per heavy atom. The molecule has 0 aliphatic heterocycles. The Kier molecular flexibility index (Phi) is 6.00. The number of carbonyl (C=O) groups excluding carboxylic acids is 1. The van der Waals surface area contributed by atoms with Crippen LogP contribution in [0.5, 0.6) is 11.5 Å². The molecular formula is C13H20N2O3. The number of para-hydroxylation sites is 1. The fourth-order valence-corrected chi connectivity index (χ4v) is 1.58. The fraction of sp³-hybridized carbons (Fsp3) is 0.462. The van der Waals surface area contributed by atoms with Crippen LogP contribution >= 0.6 is 0 Å². The molecule has 0 aliphatic carbocycles. The van der Waals surface area contributed by atoms with Gasteiger partial charge in [0.1, 0.15) is 0 Å². The van der Waals surface area contributed by atoms with Crippen molar-refractivity contribution < 1.29 is 14.3 Å². The molecule has 18 heavy (non-hydrogen) atoms. The highest BCUT2D eigenvalue weighted by atomic mass is 16.5. The molecule has 100 valence electrons. The molecule has 0 atom stereocenters. The Hall–Kier alpha value is -1.75. The van der Waals surface area contributed by atoms with Crippen molar-refractivity contribution in [2.24, 2.45) is 5.73 Å². The maximum atomic E-state index is 11.1. The van der Waals surface area contributed by atoms with Crippen molar-refractivity contribution in [1.29, 1.82) is 0 Å². The van der Waals surface area contributed by atoms with Gasteiger partial charge >= 0.3 is 0 Å². The average molecular weight is 252 g/mol. The van der Waals surface area contributed by atoms with Gasteiger partial charge in [0.2, 0.25) is 5.91 Å². The molecule has 5 heteroatoms. The molecule has 1 amide bonds. The first kappa shape index (κ1) is 14.3. The predicted molar refractivity (Wildman–Crippen MR) is 69.7 cm³/mol. The van der Waals surface area contributed by atoms with Crippen molar-refractivity contribution >= 4 is 5.91 Å². The van der Waals surface area contributed by atoms with Crippen LogP contribution in [0.15, 0.2) is 18.2 Å². The average Bonchev–Trinajstić information content (AvgIpc) is 2.42. The van der Waals surface area contributed by atoms with E-state index in [-0.39, 0.29) is 5.91 Å². The molecule has 0 radical (unpaired) electrons. The van der Waals surface area contributed by atoms with E-state index in [1.807, 2.05) is 18.2 Å². The van der Waals surface area contributed by atoms with Crippen LogP contribution in [0.25, 0.3) is 0 Å². The zero-order valence-corrected chi connectivity index (χ0v) is 10.9. The third-order valence-electron chi connectivity index (χ3n) is 2.57. The number of hydrogen-bond acceptors (Lipinski definition) is 4. The Morgan fingerprint density at radius 3 is 2.83 bits per heavy atom. The minimum atomic E-state index is 0.0117. The lowest BCUT2D eigenvalue weighted by Gasteiger charge is -2.13. The largest absolute Gasteiger partial charge is 0.493 e. The van der Waals surface area contributed by atoms with Crippen LogP contribution in [0.4, 0.5) is 0 Å². The van der Waals surface area contributed by atoms with Crippen LogP contribution in [0, 0.1) is 0 Å². The smallest absolute Gasteiger partial charge is 0.219 e. The second-order valence-electron chi connectivity index (χ2n) is 3.78. The molecule has 0 fully saturated rings. The third kappa shape index (κ3) is 3.92. The van der Waals surface area contributed by atoms with Crippen molar-refractivity contribution in [2.45, 2.75) is 19.4 Å². The minimum absolute atomic E-state index is 0.0117. The summed E-state index contributed by atoms with van der Waals surface area (Å²) in [6, 6.07) is 5.60. The van der Waals surface area contributed by atoms with E-state index in [1.54, 1.807) is 14.2 Å². The Balaban J connectivity index is 2.57. The van der Waals surface area contributed by atoms with E-state index in [9.17, 15) is 4.79 Å². The van der Waals surface area contributed by atoms with Gasteiger partial charge < -0.3 is 20.5 Å². The molecule has 0 spiro atoms. The monoisotopic (exact) mass is 252 g/mol. The number of ether oxygens (including phenoxy) is 2. The normalized spacial score (nSPS) is 9.94. The Labute approximate surface area is 107 Å². The van der Waals surface area contributed by atoms with Gasteiger partial charge in [-0.05, 0) is 12.5 Å². The first-order chi connectivity index (χ1) is 8.72. The summed E-state index contributed by atoms with van der Waals surface area (Å²) in [5, 5.41) is 2.57. The molecule has 1 aromatic carbocycles. The summed E-state index contributed by atoms with van der Waals surface area (Å²) in [7, 11) is 3.21. The van der Waals surface area contributed by atoms with Gasteiger partial charge in [0.25, 0.3) is 0 Å². The Bertz CT molecular complexity index is 372. The molecule has 0 saturated heterocycles. The molecule has 0 unspecified atom stereocenters. The highest BCUT2D eigenvalue weighted by Crippen LogP contribution is 2.30. The molecule has 0 heterocycles. The van der Waals surface area contributed by atoms with Gasteiger partial charge in [0.05, 0.1) is 13.7 Å². The first-order valence-electron chi connectivity index (χ1n) is 5.92. The van der Waals surface area contributed by atoms with Crippen molar-refractivity contribution in [3.05, 3.63) is 23.8 Å². The van der Waals surface area contributed by atoms with Crippen LogP contribution in [0.2, 0.25) is 0 Å². The zero-order chi connectivity index (χ0) is 13.4. The molecule has 5 nitrogen and oxygen atoms in total. The molecule has 1 rings (SSSR count). The second kappa shape index (κ2) is 7.55. The maximum Gasteiger partial charge on any atom is 0.219 e. The van der Waals surface area contributed by atoms with E-state index in [4.69, 9.17) is 15.2 Å². The molecule has 1 aromatic rings. The van der Waals surface area contributed by atoms with Gasteiger partial charge in [-0.1, -0.05) is 12.1 Å². The lowest BCUT2D eigenvalue weighted by Crippen LogP contribution is -2.18. The number of nitrogens with one attached hydrogen (secondary N) is 1. The second-order valence-corrected chi connectivity index (χ2v) is 3.78. The molecule has 0 bridgehead atoms. The number of methoxy groups -OCH3 is 1. The third-order valence-corrected chi connectivity index (χ3v) is 2.57. The lowest BCUT2D eigenvalue weighted by molar-refractivity contribution is -0.120. The number of nitrogens with two attached hydrogens (primary N) is 1. The van der Waals surface area contributed by atoms with Gasteiger partial charge in [0.15, 0.2) is 11.5 Å². The van der Waals surface area contributed by atoms with Crippen LogP contribution in [0.3, 0.4) is 0 Å². The SMILES string of the molecule is CNC(=O)CCCOc1c(CN)cccc1OC. The van der Waals surface area contributed by atoms with Crippen molar-refractivity contribution in [3.8, 4) is 11.5 Å². The number of benzene rings is 1. The van der Waals surface area contributed by atoms with E-state index in [1.165, 1.54) is 0 Å². The standard InChI is InChI=1S/C13H20N2O3/c1-15-12(16)7-4-8-18-13-10(9-14)5-3-6-11(13)17-2/h3,5-6H,4,7-9,14H2,1-2H3,(H,15,16). The van der Waals surface area contributed by atoms with E-state index in [0.29, 0.717) is 37.5 Å². The van der Waals surface area contributed by atoms with Crippen LogP contribution in [-0.4, -0.2) is 26.7 Å². The Morgan fingerprint density at radius 1 is 1.44 bits per heavy atom. The summed E-state index contributed by atoms with van der Waals surface area (Å²) in [6.07, 6.45) is 1.10. The fourth-order valence-electron chi connectivity index (χ4n) is 1.58. The highest BCUT2D eigenvalue weighted by Gasteiger charge is 2.09. The van der Waals surface area contributed by atoms with E-state index < -0.39 is 0 Å². The van der Waals surface area contributed by atoms with Crippen molar-refractivity contribution in [1.82, 2.24) is 5.32 Å². The van der Waals surface area contributed by atoms with E-state index in [2.05, 4.69) is 5.32 Å². The molecule has 3 N–H and O–H groups in total. The predicted octanol–water partition coefficient (Wildman–Crippen LogP) is 1.06.